The molecule has 0 spiro atoms. The number of likely N-dealkylation sites (tertiary alicyclic amines) is 3. The van der Waals surface area contributed by atoms with Crippen molar-refractivity contribution in [3.63, 3.8) is 0 Å². The van der Waals surface area contributed by atoms with E-state index in [-0.39, 0.29) is 76.2 Å². The smallest absolute Gasteiger partial charge is 0.280 e. The van der Waals surface area contributed by atoms with Crippen molar-refractivity contribution in [2.24, 2.45) is 0 Å². The Balaban J connectivity index is 0.000000206. The van der Waals surface area contributed by atoms with Crippen LogP contribution in [0.3, 0.4) is 0 Å². The number of amides is 3. The third-order valence-corrected chi connectivity index (χ3v) is 25.5. The summed E-state index contributed by atoms with van der Waals surface area (Å²) >= 11 is 21.5. The fourth-order valence-electron chi connectivity index (χ4n) is 12.4. The van der Waals surface area contributed by atoms with Gasteiger partial charge in [0.05, 0.1) is 33.2 Å². The SMILES string of the molecule is C.C.C.O=C(Nc1ccc(F)c(Cl)c1)C1CC(c2nccs2)NS(=O)(=O)N1CCCN1CCCC1.O=C(Nc1ccc(F)c(Cl)c1)[C@@H]1C[C@H](c2nccs2)NS(=O)(=O)N1CCCN1CCCC1.O=C(Nc1ccc(F)c(Cl)c1)[C@H]1C[C@@H](c2nccs2)NS(=O)(=O)N1CCCN1CCCC1. The third kappa shape index (κ3) is 22.1. The molecule has 9 heterocycles. The summed E-state index contributed by atoms with van der Waals surface area (Å²) < 4.78 is 131. The van der Waals surface area contributed by atoms with Gasteiger partial charge >= 0.3 is 0 Å². The van der Waals surface area contributed by atoms with Crippen molar-refractivity contribution in [3.8, 4) is 0 Å². The van der Waals surface area contributed by atoms with Crippen LogP contribution in [0.5, 0.6) is 0 Å². The van der Waals surface area contributed by atoms with Crippen LogP contribution in [-0.4, -0.2) is 182 Å². The van der Waals surface area contributed by atoms with Crippen molar-refractivity contribution in [1.29, 1.82) is 0 Å². The molecule has 6 aromatic rings. The first-order valence-corrected chi connectivity index (χ1v) is 39.6. The maximum Gasteiger partial charge on any atom is 0.280 e. The summed E-state index contributed by atoms with van der Waals surface area (Å²) in [6.07, 6.45) is 14.3. The maximum absolute atomic E-state index is 13.5. The number of hydrogen-bond donors (Lipinski definition) is 6. The molecular weight excluding hydrogens is 1470 g/mol. The van der Waals surface area contributed by atoms with Crippen LogP contribution in [0.2, 0.25) is 15.1 Å². The first kappa shape index (κ1) is 81.4. The van der Waals surface area contributed by atoms with E-state index < -0.39 is 102 Å². The average Bonchev–Trinajstić information content (AvgIpc) is 1.57. The van der Waals surface area contributed by atoms with E-state index in [9.17, 15) is 52.8 Å². The van der Waals surface area contributed by atoms with E-state index in [2.05, 4.69) is 59.8 Å². The molecule has 6 fully saturated rings. The Morgan fingerprint density at radius 3 is 0.909 bits per heavy atom. The minimum absolute atomic E-state index is 0. The number of thiazole rings is 3. The number of halogens is 6. The Bertz CT molecular complexity index is 3540. The Kier molecular flexibility index (Phi) is 30.8. The normalized spacial score (nSPS) is 23.2. The van der Waals surface area contributed by atoms with Gasteiger partial charge in [-0.2, -0.15) is 52.3 Å². The molecule has 36 heteroatoms. The van der Waals surface area contributed by atoms with Gasteiger partial charge in [-0.15, -0.1) is 34.0 Å². The quantitative estimate of drug-likeness (QED) is 0.0391. The van der Waals surface area contributed by atoms with Gasteiger partial charge in [-0.1, -0.05) is 57.1 Å². The summed E-state index contributed by atoms with van der Waals surface area (Å²) in [7, 11) is -11.7. The number of nitrogens with zero attached hydrogens (tertiary/aromatic N) is 9. The Labute approximate surface area is 606 Å². The van der Waals surface area contributed by atoms with Gasteiger partial charge < -0.3 is 30.7 Å². The van der Waals surface area contributed by atoms with E-state index >= 15 is 0 Å². The zero-order valence-electron chi connectivity index (χ0n) is 52.0. The highest BCUT2D eigenvalue weighted by Crippen LogP contribution is 2.35. The molecule has 3 amide bonds. The van der Waals surface area contributed by atoms with E-state index in [0.29, 0.717) is 51.3 Å². The van der Waals surface area contributed by atoms with Gasteiger partial charge in [0.25, 0.3) is 30.6 Å². The van der Waals surface area contributed by atoms with Crippen molar-refractivity contribution in [3.05, 3.63) is 137 Å². The summed E-state index contributed by atoms with van der Waals surface area (Å²) in [4.78, 5) is 59.1. The summed E-state index contributed by atoms with van der Waals surface area (Å²) in [6.45, 7) is 9.13. The zero-order chi connectivity index (χ0) is 68.2. The summed E-state index contributed by atoms with van der Waals surface area (Å²) in [5.74, 6) is -3.24. The fraction of sp³-hybridized carbons (Fsp3) is 0.524. The molecule has 99 heavy (non-hydrogen) atoms. The van der Waals surface area contributed by atoms with Crippen LogP contribution in [0.15, 0.2) is 89.3 Å². The number of anilines is 3. The molecule has 0 aliphatic carbocycles. The number of benzene rings is 3. The molecule has 0 radical (unpaired) electrons. The number of carbonyl (C=O) groups excluding carboxylic acids is 3. The molecule has 6 saturated heterocycles. The van der Waals surface area contributed by atoms with E-state index in [0.717, 1.165) is 116 Å². The van der Waals surface area contributed by atoms with E-state index in [4.69, 9.17) is 34.8 Å². The van der Waals surface area contributed by atoms with Gasteiger partial charge in [0.2, 0.25) is 17.7 Å². The molecule has 546 valence electrons. The minimum atomic E-state index is -3.91. The molecule has 0 saturated carbocycles. The molecule has 0 bridgehead atoms. The lowest BCUT2D eigenvalue weighted by Crippen LogP contribution is -2.58. The first-order valence-electron chi connectivity index (χ1n) is 31.5. The van der Waals surface area contributed by atoms with Gasteiger partial charge in [-0.05, 0) is 191 Å². The topological polar surface area (TPSA) is 284 Å². The van der Waals surface area contributed by atoms with Crippen LogP contribution in [0.25, 0.3) is 0 Å². The predicted octanol–water partition coefficient (Wildman–Crippen LogP) is 10.9. The largest absolute Gasteiger partial charge is 0.325 e. The Morgan fingerprint density at radius 2 is 0.687 bits per heavy atom. The second-order valence-electron chi connectivity index (χ2n) is 23.8. The molecule has 2 unspecified atom stereocenters. The number of carbonyl (C=O) groups is 3. The molecule has 3 aromatic heterocycles. The number of rotatable bonds is 21. The van der Waals surface area contributed by atoms with Crippen LogP contribution in [0, 0.1) is 17.5 Å². The van der Waals surface area contributed by atoms with Gasteiger partial charge in [-0.25, -0.2) is 28.1 Å². The van der Waals surface area contributed by atoms with E-state index in [1.165, 1.54) is 83.3 Å². The zero-order valence-corrected chi connectivity index (χ0v) is 59.2. The van der Waals surface area contributed by atoms with Crippen molar-refractivity contribution in [1.82, 2.24) is 56.7 Å². The molecular formula is C63H87Cl3F3N15O9S6. The minimum Gasteiger partial charge on any atom is -0.325 e. The second kappa shape index (κ2) is 37.5. The lowest BCUT2D eigenvalue weighted by atomic mass is 10.1. The highest BCUT2D eigenvalue weighted by Gasteiger charge is 2.46. The van der Waals surface area contributed by atoms with Crippen molar-refractivity contribution in [2.45, 2.75) is 136 Å². The van der Waals surface area contributed by atoms with E-state index in [1.54, 1.807) is 34.7 Å². The van der Waals surface area contributed by atoms with Crippen molar-refractivity contribution in [2.75, 3.05) is 94.5 Å². The fourth-order valence-corrected chi connectivity index (χ4v) is 20.0. The Hall–Kier alpha value is -4.89. The lowest BCUT2D eigenvalue weighted by Gasteiger charge is -2.37. The number of hydrogen-bond acceptors (Lipinski definition) is 18. The van der Waals surface area contributed by atoms with E-state index in [1.807, 2.05) is 0 Å². The lowest BCUT2D eigenvalue weighted by molar-refractivity contribution is -0.121. The molecule has 3 aromatic carbocycles. The molecule has 24 nitrogen and oxygen atoms in total. The van der Waals surface area contributed by atoms with Crippen LogP contribution >= 0.6 is 68.8 Å². The third-order valence-electron chi connectivity index (χ3n) is 17.1. The summed E-state index contributed by atoms with van der Waals surface area (Å²) in [5.41, 5.74) is 0.917. The molecule has 12 rings (SSSR count). The van der Waals surface area contributed by atoms with Crippen LogP contribution in [0.1, 0.15) is 132 Å². The van der Waals surface area contributed by atoms with Gasteiger partial charge in [0.1, 0.15) is 50.6 Å². The van der Waals surface area contributed by atoms with Crippen LogP contribution < -0.4 is 30.1 Å². The van der Waals surface area contributed by atoms with Gasteiger partial charge in [-0.3, -0.25) is 14.4 Å². The van der Waals surface area contributed by atoms with Crippen molar-refractivity contribution >= 4 is 134 Å². The first-order chi connectivity index (χ1) is 46.0. The van der Waals surface area contributed by atoms with Crippen LogP contribution in [0.4, 0.5) is 30.2 Å². The molecule has 6 aliphatic heterocycles. The predicted molar refractivity (Wildman–Crippen MR) is 387 cm³/mol. The Morgan fingerprint density at radius 1 is 0.434 bits per heavy atom. The molecule has 6 N–H and O–H groups in total. The van der Waals surface area contributed by atoms with Crippen LogP contribution in [-0.2, 0) is 45.0 Å². The highest BCUT2D eigenvalue weighted by atomic mass is 35.5. The summed E-state index contributed by atoms with van der Waals surface area (Å²) in [6, 6.07) is 6.98. The molecule has 6 atom stereocenters. The maximum atomic E-state index is 13.5. The molecule has 6 aliphatic rings. The standard InChI is InChI=1S/3C20H25ClFN5O3S2.3CH4/c3*21-15-12-14(4-5-16(15)22)24-19(28)18-13-17(20-23-6-11-31-20)25-32(29,30)27(18)10-3-9-26-7-1-2-8-26;;;/h3*4-6,11-12,17-18,25H,1-3,7-10,13H2,(H,24,28);3*1H4/t2*17-,18+;;;;/m10..../s1. The second-order valence-corrected chi connectivity index (χ2v) is 32.8. The van der Waals surface area contributed by atoms with Gasteiger partial charge in [0.15, 0.2) is 0 Å². The number of nitrogens with one attached hydrogen (secondary N) is 6. The number of aromatic nitrogens is 3. The summed E-state index contributed by atoms with van der Waals surface area (Å²) in [5, 5.41) is 14.8. The average molecular weight is 1550 g/mol. The van der Waals surface area contributed by atoms with Gasteiger partial charge in [0, 0.05) is 71.4 Å². The monoisotopic (exact) mass is 1550 g/mol. The highest BCUT2D eigenvalue weighted by molar-refractivity contribution is 7.87. The van der Waals surface area contributed by atoms with Crippen molar-refractivity contribution < 1.29 is 52.8 Å².